The van der Waals surface area contributed by atoms with E-state index in [2.05, 4.69) is 46.0 Å². The lowest BCUT2D eigenvalue weighted by Crippen LogP contribution is -2.37. The van der Waals surface area contributed by atoms with Crippen LogP contribution >= 0.6 is 0 Å². The molecule has 14 nitrogen and oxygen atoms in total. The largest absolute Gasteiger partial charge is 0.378 e. The van der Waals surface area contributed by atoms with Gasteiger partial charge in [-0.1, -0.05) is 30.3 Å². The number of likely N-dealkylation sites (N-methyl/N-ethyl adjacent to an activating group) is 3. The van der Waals surface area contributed by atoms with Crippen molar-refractivity contribution in [2.75, 3.05) is 65.4 Å². The number of nitrogens with one attached hydrogen (secondary N) is 3. The summed E-state index contributed by atoms with van der Waals surface area (Å²) in [5, 5.41) is 18.1. The molecule has 2 heterocycles. The molecule has 0 radical (unpaired) electrons. The van der Waals surface area contributed by atoms with Crippen LogP contribution in [0.4, 0.5) is 5.82 Å². The molecule has 3 rings (SSSR count). The maximum absolute atomic E-state index is 12.6. The Morgan fingerprint density at radius 3 is 2.53 bits per heavy atom. The van der Waals surface area contributed by atoms with E-state index in [0.29, 0.717) is 56.0 Å². The summed E-state index contributed by atoms with van der Waals surface area (Å²) < 4.78 is 5.79. The smallest absolute Gasteiger partial charge is 0.254 e. The molecule has 51 heavy (non-hydrogen) atoms. The molecule has 1 atom stereocenters. The monoisotopic (exact) mass is 702 g/mol. The number of anilines is 1. The van der Waals surface area contributed by atoms with Crippen molar-refractivity contribution in [1.82, 2.24) is 25.0 Å². The average molecular weight is 703 g/mol. The molecule has 1 amide bonds. The minimum Gasteiger partial charge on any atom is -0.378 e. The number of carbonyl (C=O) groups is 3. The summed E-state index contributed by atoms with van der Waals surface area (Å²) in [6.07, 6.45) is 8.29. The van der Waals surface area contributed by atoms with Gasteiger partial charge in [-0.15, -0.1) is 0 Å². The first-order chi connectivity index (χ1) is 24.5. The second-order valence-electron chi connectivity index (χ2n) is 11.9. The molecule has 0 spiro atoms. The lowest BCUT2D eigenvalue weighted by atomic mass is 10.1. The number of hydrogen-bond acceptors (Lipinski definition) is 12. The summed E-state index contributed by atoms with van der Waals surface area (Å²) in [4.78, 5) is 50.4. The third-order valence-electron chi connectivity index (χ3n) is 8.07. The number of ether oxygens (including phenoxy) is 1. The van der Waals surface area contributed by atoms with Crippen molar-refractivity contribution in [2.45, 2.75) is 45.9 Å². The van der Waals surface area contributed by atoms with Gasteiger partial charge < -0.3 is 30.5 Å². The van der Waals surface area contributed by atoms with E-state index in [9.17, 15) is 14.4 Å². The highest BCUT2D eigenvalue weighted by Crippen LogP contribution is 2.23. The summed E-state index contributed by atoms with van der Waals surface area (Å²) >= 11 is 0. The van der Waals surface area contributed by atoms with E-state index < -0.39 is 0 Å². The van der Waals surface area contributed by atoms with Crippen LogP contribution in [-0.2, 0) is 22.6 Å². The third kappa shape index (κ3) is 13.7. The van der Waals surface area contributed by atoms with Gasteiger partial charge in [0.25, 0.3) is 5.91 Å². The molecule has 1 aliphatic heterocycles. The molecule has 1 aromatic heterocycles. The van der Waals surface area contributed by atoms with Crippen LogP contribution in [0.5, 0.6) is 0 Å². The van der Waals surface area contributed by atoms with Gasteiger partial charge in [0.1, 0.15) is 11.5 Å². The second kappa shape index (κ2) is 22.8. The van der Waals surface area contributed by atoms with Crippen molar-refractivity contribution in [3.05, 3.63) is 82.7 Å². The Kier molecular flexibility index (Phi) is 18.9. The number of aldehydes is 1. The molecule has 1 aliphatic rings. The van der Waals surface area contributed by atoms with Crippen LogP contribution in [0.2, 0.25) is 0 Å². The highest BCUT2D eigenvalue weighted by atomic mass is 16.5. The molecule has 1 fully saturated rings. The van der Waals surface area contributed by atoms with Crippen molar-refractivity contribution in [3.63, 3.8) is 0 Å². The molecule has 14 heteroatoms. The summed E-state index contributed by atoms with van der Waals surface area (Å²) in [6.45, 7) is 11.7. The Hall–Kier alpha value is -4.89. The van der Waals surface area contributed by atoms with Crippen LogP contribution in [0.15, 0.2) is 65.3 Å². The summed E-state index contributed by atoms with van der Waals surface area (Å²) in [5.41, 5.74) is 9.59. The first-order valence-electron chi connectivity index (χ1n) is 16.9. The number of amides is 1. The number of aromatic nitrogens is 1. The van der Waals surface area contributed by atoms with Crippen LogP contribution in [-0.4, -0.2) is 123 Å². The lowest BCUT2D eigenvalue weighted by molar-refractivity contribution is -0.112. The van der Waals surface area contributed by atoms with Crippen molar-refractivity contribution in [3.8, 4) is 0 Å². The lowest BCUT2D eigenvalue weighted by Gasteiger charge is -2.25. The van der Waals surface area contributed by atoms with E-state index in [-0.39, 0.29) is 23.7 Å². The van der Waals surface area contributed by atoms with Gasteiger partial charge in [-0.2, -0.15) is 0 Å². The molecule has 2 aromatic rings. The van der Waals surface area contributed by atoms with Gasteiger partial charge in [0.05, 0.1) is 37.0 Å². The van der Waals surface area contributed by atoms with Crippen molar-refractivity contribution >= 4 is 42.7 Å². The number of pyridine rings is 1. The number of nitrogens with two attached hydrogens (primary N) is 1. The zero-order chi connectivity index (χ0) is 37.8. The quantitative estimate of drug-likeness (QED) is 0.0423. The minimum atomic E-state index is -0.186. The van der Waals surface area contributed by atoms with Crippen LogP contribution in [0.3, 0.4) is 0 Å². The standard InChI is InChI=1S/C26H38N6O3.C11H16N4O/c1-28-17-20-10-11-25(32-12-6-9-24(32)27)29-23(20)18-30(2)13-15-35-16-14-31(3)26(34)22-8-5-4-7-21(22)19-33;1-4-15(8-12)11(13)10(14-3)7-5-6-9(2)16/h4-5,7-8,10-11,19,24,28H,6,9,12-18,27H2,1-3H3;5-8,12-13H,3-4H2,1-2H3/b;6-5-,10-7-,12-8?,13-11?. The van der Waals surface area contributed by atoms with Gasteiger partial charge >= 0.3 is 0 Å². The van der Waals surface area contributed by atoms with E-state index in [1.54, 1.807) is 36.2 Å². The Labute approximate surface area is 302 Å². The zero-order valence-electron chi connectivity index (χ0n) is 30.6. The molecule has 1 aromatic carbocycles. The van der Waals surface area contributed by atoms with Gasteiger partial charge in [0, 0.05) is 51.9 Å². The van der Waals surface area contributed by atoms with E-state index >= 15 is 0 Å². The number of rotatable bonds is 19. The first kappa shape index (κ1) is 42.3. The fraction of sp³-hybridized carbons (Fsp3) is 0.432. The van der Waals surface area contributed by atoms with Gasteiger partial charge in [-0.3, -0.25) is 35.1 Å². The topological polar surface area (TPSA) is 184 Å². The van der Waals surface area contributed by atoms with E-state index in [0.717, 1.165) is 50.3 Å². The Bertz CT molecular complexity index is 1540. The van der Waals surface area contributed by atoms with Gasteiger partial charge in [0.2, 0.25) is 0 Å². The third-order valence-corrected chi connectivity index (χ3v) is 8.07. The molecule has 1 unspecified atom stereocenters. The fourth-order valence-corrected chi connectivity index (χ4v) is 5.15. The Morgan fingerprint density at radius 2 is 1.92 bits per heavy atom. The number of aliphatic imine (C=N–C) groups is 1. The van der Waals surface area contributed by atoms with Crippen molar-refractivity contribution in [1.29, 1.82) is 10.8 Å². The average Bonchev–Trinajstić information content (AvgIpc) is 3.56. The van der Waals surface area contributed by atoms with Crippen LogP contribution in [0.25, 0.3) is 0 Å². The molecule has 0 aliphatic carbocycles. The number of allylic oxidation sites excluding steroid dienone is 3. The zero-order valence-corrected chi connectivity index (χ0v) is 30.6. The fourth-order valence-electron chi connectivity index (χ4n) is 5.15. The molecular weight excluding hydrogens is 648 g/mol. The number of carbonyl (C=O) groups excluding carboxylic acids is 3. The summed E-state index contributed by atoms with van der Waals surface area (Å²) in [5.74, 6) is 0.763. The van der Waals surface area contributed by atoms with Crippen LogP contribution in [0.1, 0.15) is 58.7 Å². The SMILES string of the molecule is C=N/C(=C\C=C/C(C)=O)C(=N)N(C=N)CC.CNCc1ccc(N2CCCC2N)nc1CN(C)CCOCCN(C)C(=O)c1ccccc1C=O. The first-order valence-corrected chi connectivity index (χ1v) is 16.9. The van der Waals surface area contributed by atoms with Crippen molar-refractivity contribution < 1.29 is 19.1 Å². The Balaban J connectivity index is 0.000000475. The number of amidine groups is 1. The number of benzene rings is 1. The van der Waals surface area contributed by atoms with Gasteiger partial charge in [-0.05, 0) is 77.4 Å². The van der Waals surface area contributed by atoms with E-state index in [1.165, 1.54) is 35.6 Å². The molecule has 5 N–H and O–H groups in total. The van der Waals surface area contributed by atoms with Crippen molar-refractivity contribution in [2.24, 2.45) is 10.7 Å². The number of ketones is 1. The normalized spacial score (nSPS) is 14.2. The van der Waals surface area contributed by atoms with Gasteiger partial charge in [0.15, 0.2) is 17.9 Å². The van der Waals surface area contributed by atoms with Crippen LogP contribution < -0.4 is 16.0 Å². The van der Waals surface area contributed by atoms with E-state index in [1.807, 2.05) is 14.0 Å². The predicted octanol–water partition coefficient (Wildman–Crippen LogP) is 3.34. The van der Waals surface area contributed by atoms with Gasteiger partial charge in [-0.25, -0.2) is 4.98 Å². The minimum absolute atomic E-state index is 0.0357. The maximum Gasteiger partial charge on any atom is 0.254 e. The maximum atomic E-state index is 12.6. The number of nitrogens with zero attached hydrogens (tertiary/aromatic N) is 6. The molecule has 0 bridgehead atoms. The van der Waals surface area contributed by atoms with E-state index in [4.69, 9.17) is 26.3 Å². The highest BCUT2D eigenvalue weighted by Gasteiger charge is 2.23. The highest BCUT2D eigenvalue weighted by molar-refractivity contribution is 6.02. The number of hydrogen-bond donors (Lipinski definition) is 4. The molecule has 1 saturated heterocycles. The molecule has 0 saturated carbocycles. The summed E-state index contributed by atoms with van der Waals surface area (Å²) in [6, 6.07) is 11.0. The van der Waals surface area contributed by atoms with Crippen LogP contribution in [0, 0.1) is 10.8 Å². The predicted molar refractivity (Wildman–Crippen MR) is 204 cm³/mol. The second-order valence-corrected chi connectivity index (χ2v) is 11.9. The Morgan fingerprint density at radius 1 is 1.20 bits per heavy atom. The summed E-state index contributed by atoms with van der Waals surface area (Å²) in [7, 11) is 5.70. The molecule has 276 valence electrons. The molecular formula is C37H54N10O4.